The number of benzene rings is 2. The summed E-state index contributed by atoms with van der Waals surface area (Å²) in [4.78, 5) is 14.5. The Hall–Kier alpha value is -2.53. The zero-order chi connectivity index (χ0) is 19.2. The van der Waals surface area contributed by atoms with Crippen LogP contribution in [0.25, 0.3) is 0 Å². The topological polar surface area (TPSA) is 50.8 Å². The average molecular weight is 368 g/mol. The third-order valence-corrected chi connectivity index (χ3v) is 4.65. The number of carbonyl (C=O) groups excluding carboxylic acids is 1. The van der Waals surface area contributed by atoms with E-state index in [4.69, 9.17) is 9.47 Å². The summed E-state index contributed by atoms with van der Waals surface area (Å²) in [5.41, 5.74) is 3.01. The van der Waals surface area contributed by atoms with Crippen molar-refractivity contribution in [3.63, 3.8) is 0 Å². The summed E-state index contributed by atoms with van der Waals surface area (Å²) >= 11 is 0. The van der Waals surface area contributed by atoms with Crippen LogP contribution in [0.15, 0.2) is 48.5 Å². The first-order chi connectivity index (χ1) is 13.0. The van der Waals surface area contributed by atoms with Gasteiger partial charge in [0.05, 0.1) is 12.2 Å². The maximum absolute atomic E-state index is 12.2. The maximum Gasteiger partial charge on any atom is 0.262 e. The van der Waals surface area contributed by atoms with Gasteiger partial charge in [0.2, 0.25) is 0 Å². The van der Waals surface area contributed by atoms with Crippen LogP contribution >= 0.6 is 0 Å². The van der Waals surface area contributed by atoms with Crippen LogP contribution in [0.3, 0.4) is 0 Å². The highest BCUT2D eigenvalue weighted by molar-refractivity contribution is 5.92. The summed E-state index contributed by atoms with van der Waals surface area (Å²) in [7, 11) is 0. The second-order valence-corrected chi connectivity index (χ2v) is 7.01. The number of nitrogens with zero attached hydrogens (tertiary/aromatic N) is 1. The Labute approximate surface area is 161 Å². The molecule has 1 aliphatic rings. The van der Waals surface area contributed by atoms with Crippen LogP contribution in [0.4, 0.5) is 11.4 Å². The highest BCUT2D eigenvalue weighted by Gasteiger charge is 2.22. The van der Waals surface area contributed by atoms with Gasteiger partial charge in [0.1, 0.15) is 5.75 Å². The fourth-order valence-corrected chi connectivity index (χ4v) is 3.42. The molecule has 144 valence electrons. The standard InChI is InChI=1S/C22H28N2O3/c1-4-18-7-5-6-8-21(18)26-15-22(25)23-19-9-11-20(12-10-19)24-13-16(2)27-17(3)14-24/h5-12,16-17H,4,13-15H2,1-3H3,(H,23,25). The summed E-state index contributed by atoms with van der Waals surface area (Å²) in [6.45, 7) is 8.00. The number of para-hydroxylation sites is 1. The molecule has 3 rings (SSSR count). The summed E-state index contributed by atoms with van der Waals surface area (Å²) < 4.78 is 11.5. The molecule has 27 heavy (non-hydrogen) atoms. The van der Waals surface area contributed by atoms with Crippen molar-refractivity contribution in [2.75, 3.05) is 29.9 Å². The molecule has 2 unspecified atom stereocenters. The molecule has 0 saturated carbocycles. The lowest BCUT2D eigenvalue weighted by Gasteiger charge is -2.36. The maximum atomic E-state index is 12.2. The van der Waals surface area contributed by atoms with Crippen LogP contribution in [0.2, 0.25) is 0 Å². The first-order valence-corrected chi connectivity index (χ1v) is 9.56. The monoisotopic (exact) mass is 368 g/mol. The minimum atomic E-state index is -0.165. The first kappa shape index (κ1) is 19.2. The summed E-state index contributed by atoms with van der Waals surface area (Å²) in [5.74, 6) is 0.600. The predicted molar refractivity (Wildman–Crippen MR) is 109 cm³/mol. The van der Waals surface area contributed by atoms with Crippen LogP contribution in [0.5, 0.6) is 5.75 Å². The quantitative estimate of drug-likeness (QED) is 0.841. The van der Waals surface area contributed by atoms with Crippen molar-refractivity contribution >= 4 is 17.3 Å². The molecular formula is C22H28N2O3. The second-order valence-electron chi connectivity index (χ2n) is 7.01. The van der Waals surface area contributed by atoms with Crippen molar-refractivity contribution in [1.29, 1.82) is 0 Å². The van der Waals surface area contributed by atoms with E-state index in [0.29, 0.717) is 0 Å². The Bertz CT molecular complexity index is 750. The van der Waals surface area contributed by atoms with E-state index >= 15 is 0 Å². The lowest BCUT2D eigenvalue weighted by Crippen LogP contribution is -2.45. The van der Waals surface area contributed by atoms with E-state index in [1.807, 2.05) is 48.5 Å². The molecule has 1 fully saturated rings. The number of anilines is 2. The number of amides is 1. The number of aryl methyl sites for hydroxylation is 1. The van der Waals surface area contributed by atoms with Crippen molar-refractivity contribution in [2.24, 2.45) is 0 Å². The predicted octanol–water partition coefficient (Wildman–Crippen LogP) is 3.88. The van der Waals surface area contributed by atoms with Gasteiger partial charge in [0, 0.05) is 24.5 Å². The summed E-state index contributed by atoms with van der Waals surface area (Å²) in [5, 5.41) is 2.89. The molecule has 2 atom stereocenters. The molecule has 1 N–H and O–H groups in total. The number of hydrogen-bond acceptors (Lipinski definition) is 4. The molecule has 1 aliphatic heterocycles. The lowest BCUT2D eigenvalue weighted by molar-refractivity contribution is -0.118. The van der Waals surface area contributed by atoms with E-state index in [1.54, 1.807) is 0 Å². The Morgan fingerprint density at radius 2 is 1.78 bits per heavy atom. The summed E-state index contributed by atoms with van der Waals surface area (Å²) in [6.07, 6.45) is 1.31. The third kappa shape index (κ3) is 5.23. The number of rotatable bonds is 6. The fraction of sp³-hybridized carbons (Fsp3) is 0.409. The van der Waals surface area contributed by atoms with Gasteiger partial charge < -0.3 is 19.7 Å². The van der Waals surface area contributed by atoms with Crippen molar-refractivity contribution in [3.8, 4) is 5.75 Å². The minimum Gasteiger partial charge on any atom is -0.483 e. The smallest absolute Gasteiger partial charge is 0.262 e. The molecule has 1 saturated heterocycles. The van der Waals surface area contributed by atoms with Crippen LogP contribution in [-0.4, -0.2) is 37.8 Å². The van der Waals surface area contributed by atoms with E-state index in [1.165, 1.54) is 0 Å². The molecule has 0 aromatic heterocycles. The van der Waals surface area contributed by atoms with Crippen LogP contribution < -0.4 is 15.0 Å². The van der Waals surface area contributed by atoms with E-state index in [0.717, 1.165) is 42.2 Å². The van der Waals surface area contributed by atoms with E-state index in [9.17, 15) is 4.79 Å². The molecule has 0 radical (unpaired) electrons. The van der Waals surface area contributed by atoms with E-state index in [-0.39, 0.29) is 24.7 Å². The molecule has 2 aromatic rings. The Kier molecular flexibility index (Phi) is 6.35. The Morgan fingerprint density at radius 1 is 1.11 bits per heavy atom. The highest BCUT2D eigenvalue weighted by Crippen LogP contribution is 2.22. The molecule has 5 nitrogen and oxygen atoms in total. The molecular weight excluding hydrogens is 340 g/mol. The van der Waals surface area contributed by atoms with Gasteiger partial charge in [-0.1, -0.05) is 25.1 Å². The summed E-state index contributed by atoms with van der Waals surface area (Å²) in [6, 6.07) is 15.7. The average Bonchev–Trinajstić information content (AvgIpc) is 2.66. The zero-order valence-corrected chi connectivity index (χ0v) is 16.3. The Morgan fingerprint density at radius 3 is 2.44 bits per heavy atom. The van der Waals surface area contributed by atoms with Gasteiger partial charge in [-0.15, -0.1) is 0 Å². The second kappa shape index (κ2) is 8.91. The van der Waals surface area contributed by atoms with Crippen LogP contribution in [0.1, 0.15) is 26.3 Å². The number of nitrogens with one attached hydrogen (secondary N) is 1. The highest BCUT2D eigenvalue weighted by atomic mass is 16.5. The van der Waals surface area contributed by atoms with E-state index in [2.05, 4.69) is 31.0 Å². The fourth-order valence-electron chi connectivity index (χ4n) is 3.42. The van der Waals surface area contributed by atoms with Gasteiger partial charge >= 0.3 is 0 Å². The van der Waals surface area contributed by atoms with Gasteiger partial charge in [-0.05, 0) is 56.2 Å². The molecule has 2 aromatic carbocycles. The molecule has 1 heterocycles. The van der Waals surface area contributed by atoms with Crippen LogP contribution in [0, 0.1) is 0 Å². The van der Waals surface area contributed by atoms with Gasteiger partial charge in [-0.2, -0.15) is 0 Å². The van der Waals surface area contributed by atoms with Crippen molar-refractivity contribution in [2.45, 2.75) is 39.4 Å². The van der Waals surface area contributed by atoms with Gasteiger partial charge in [0.25, 0.3) is 5.91 Å². The minimum absolute atomic E-state index is 0.00272. The van der Waals surface area contributed by atoms with Gasteiger partial charge in [-0.25, -0.2) is 0 Å². The van der Waals surface area contributed by atoms with Gasteiger partial charge in [0.15, 0.2) is 6.61 Å². The molecule has 0 spiro atoms. The number of morpholine rings is 1. The lowest BCUT2D eigenvalue weighted by atomic mass is 10.1. The first-order valence-electron chi connectivity index (χ1n) is 9.56. The zero-order valence-electron chi connectivity index (χ0n) is 16.3. The van der Waals surface area contributed by atoms with E-state index < -0.39 is 0 Å². The number of carbonyl (C=O) groups is 1. The third-order valence-electron chi connectivity index (χ3n) is 4.65. The SMILES string of the molecule is CCc1ccccc1OCC(=O)Nc1ccc(N2CC(C)OC(C)C2)cc1. The molecule has 1 amide bonds. The van der Waals surface area contributed by atoms with Crippen molar-refractivity contribution < 1.29 is 14.3 Å². The molecule has 0 aliphatic carbocycles. The van der Waals surface area contributed by atoms with Gasteiger partial charge in [-0.3, -0.25) is 4.79 Å². The molecule has 5 heteroatoms. The largest absolute Gasteiger partial charge is 0.483 e. The normalized spacial score (nSPS) is 19.6. The number of ether oxygens (including phenoxy) is 2. The Balaban J connectivity index is 1.54. The number of hydrogen-bond donors (Lipinski definition) is 1. The van der Waals surface area contributed by atoms with Crippen molar-refractivity contribution in [3.05, 3.63) is 54.1 Å². The molecule has 0 bridgehead atoms. The van der Waals surface area contributed by atoms with Crippen molar-refractivity contribution in [1.82, 2.24) is 0 Å². The van der Waals surface area contributed by atoms with Crippen LogP contribution in [-0.2, 0) is 16.0 Å².